The number of carbonyl (C=O) groups is 1. The first-order valence-electron chi connectivity index (χ1n) is 10.9. The number of rotatable bonds is 7. The molecule has 2 heterocycles. The van der Waals surface area contributed by atoms with E-state index < -0.39 is 0 Å². The summed E-state index contributed by atoms with van der Waals surface area (Å²) < 4.78 is 2.13. The first-order valence-corrected chi connectivity index (χ1v) is 11.9. The molecule has 0 bridgehead atoms. The summed E-state index contributed by atoms with van der Waals surface area (Å²) in [7, 11) is 0. The lowest BCUT2D eigenvalue weighted by Crippen LogP contribution is -2.34. The number of aromatic nitrogens is 3. The number of carbonyl (C=O) groups excluding carboxylic acids is 1. The van der Waals surface area contributed by atoms with E-state index in [9.17, 15) is 4.79 Å². The van der Waals surface area contributed by atoms with Crippen LogP contribution < -0.4 is 5.32 Å². The molecule has 1 aliphatic carbocycles. The van der Waals surface area contributed by atoms with Crippen LogP contribution in [0.25, 0.3) is 5.69 Å². The number of piperidine rings is 1. The van der Waals surface area contributed by atoms with Crippen molar-refractivity contribution in [1.82, 2.24) is 25.0 Å². The Morgan fingerprint density at radius 3 is 2.55 bits per heavy atom. The number of amides is 1. The average Bonchev–Trinajstić information content (AvgIpc) is 3.43. The Hall–Kier alpha value is -1.86. The smallest absolute Gasteiger partial charge is 0.230 e. The number of hydrogen-bond donors (Lipinski definition) is 1. The Bertz CT molecular complexity index is 797. The molecule has 1 N–H and O–H groups in total. The molecule has 1 saturated carbocycles. The van der Waals surface area contributed by atoms with Crippen molar-refractivity contribution in [3.05, 3.63) is 36.2 Å². The monoisotopic (exact) mass is 413 g/mol. The van der Waals surface area contributed by atoms with Crippen LogP contribution in [0, 0.1) is 0 Å². The molecule has 1 aromatic carbocycles. The van der Waals surface area contributed by atoms with Crippen LogP contribution >= 0.6 is 11.8 Å². The van der Waals surface area contributed by atoms with Gasteiger partial charge < -0.3 is 5.32 Å². The van der Waals surface area contributed by atoms with Gasteiger partial charge in [-0.2, -0.15) is 0 Å². The van der Waals surface area contributed by atoms with Crippen LogP contribution in [0.4, 0.5) is 0 Å². The van der Waals surface area contributed by atoms with Gasteiger partial charge in [0.15, 0.2) is 11.0 Å². The van der Waals surface area contributed by atoms with Crippen LogP contribution in [0.1, 0.15) is 63.7 Å². The molecule has 1 saturated heterocycles. The third-order valence-corrected chi connectivity index (χ3v) is 6.97. The summed E-state index contributed by atoms with van der Waals surface area (Å²) in [4.78, 5) is 14.9. The van der Waals surface area contributed by atoms with Gasteiger partial charge in [-0.25, -0.2) is 0 Å². The highest BCUT2D eigenvalue weighted by atomic mass is 32.2. The highest BCUT2D eigenvalue weighted by molar-refractivity contribution is 7.99. The van der Waals surface area contributed by atoms with Crippen LogP contribution in [0.5, 0.6) is 0 Å². The molecular weight excluding hydrogens is 382 g/mol. The van der Waals surface area contributed by atoms with Crippen LogP contribution in [0.3, 0.4) is 0 Å². The topological polar surface area (TPSA) is 63.1 Å². The molecule has 156 valence electrons. The summed E-state index contributed by atoms with van der Waals surface area (Å²) in [5.74, 6) is 1.42. The second kappa shape index (κ2) is 9.76. The summed E-state index contributed by atoms with van der Waals surface area (Å²) in [5.41, 5.74) is 1.05. The van der Waals surface area contributed by atoms with E-state index in [0.717, 1.165) is 42.6 Å². The van der Waals surface area contributed by atoms with Gasteiger partial charge in [0.1, 0.15) is 0 Å². The van der Waals surface area contributed by atoms with Gasteiger partial charge in [0.25, 0.3) is 0 Å². The predicted molar refractivity (Wildman–Crippen MR) is 116 cm³/mol. The molecule has 1 aliphatic heterocycles. The molecule has 1 amide bonds. The molecule has 2 aromatic rings. The van der Waals surface area contributed by atoms with Crippen molar-refractivity contribution in [2.45, 2.75) is 69.1 Å². The molecule has 29 heavy (non-hydrogen) atoms. The van der Waals surface area contributed by atoms with E-state index in [0.29, 0.717) is 11.8 Å². The largest absolute Gasteiger partial charge is 0.353 e. The lowest BCUT2D eigenvalue weighted by atomic mass is 10.1. The fraction of sp³-hybridized carbons (Fsp3) is 0.591. The van der Waals surface area contributed by atoms with Crippen LogP contribution in [-0.4, -0.2) is 50.5 Å². The van der Waals surface area contributed by atoms with E-state index in [1.807, 2.05) is 18.2 Å². The van der Waals surface area contributed by atoms with Crippen molar-refractivity contribution in [3.8, 4) is 5.69 Å². The van der Waals surface area contributed by atoms with Gasteiger partial charge in [-0.05, 0) is 57.8 Å². The summed E-state index contributed by atoms with van der Waals surface area (Å²) >= 11 is 1.48. The SMILES string of the molecule is CC(c1nnc(SCC(=O)NC2CCCC2)n1-c1ccccc1)N1CCCCC1. The number of para-hydroxylation sites is 1. The standard InChI is InChI=1S/C22H31N5OS/c1-17(26-14-8-3-9-15-26)21-24-25-22(27(21)19-12-4-2-5-13-19)29-16-20(28)23-18-10-6-7-11-18/h2,4-5,12-13,17-18H,3,6-11,14-16H2,1H3,(H,23,28). The van der Waals surface area contributed by atoms with Gasteiger partial charge >= 0.3 is 0 Å². The fourth-order valence-corrected chi connectivity index (χ4v) is 5.17. The Morgan fingerprint density at radius 2 is 1.83 bits per heavy atom. The maximum absolute atomic E-state index is 12.4. The Kier molecular flexibility index (Phi) is 6.87. The lowest BCUT2D eigenvalue weighted by molar-refractivity contribution is -0.119. The molecular formula is C22H31N5OS. The normalized spacial score (nSPS) is 19.3. The highest BCUT2D eigenvalue weighted by Gasteiger charge is 2.26. The second-order valence-electron chi connectivity index (χ2n) is 8.12. The zero-order chi connectivity index (χ0) is 20.1. The minimum Gasteiger partial charge on any atom is -0.353 e. The number of benzene rings is 1. The van der Waals surface area contributed by atoms with Crippen molar-refractivity contribution >= 4 is 17.7 Å². The van der Waals surface area contributed by atoms with Gasteiger partial charge in [0.2, 0.25) is 5.91 Å². The maximum Gasteiger partial charge on any atom is 0.230 e. The summed E-state index contributed by atoms with van der Waals surface area (Å²) in [6, 6.07) is 10.8. The number of nitrogens with zero attached hydrogens (tertiary/aromatic N) is 4. The third-order valence-electron chi connectivity index (χ3n) is 6.04. The molecule has 1 aromatic heterocycles. The molecule has 6 nitrogen and oxygen atoms in total. The van der Waals surface area contributed by atoms with Crippen molar-refractivity contribution in [2.75, 3.05) is 18.8 Å². The molecule has 0 spiro atoms. The zero-order valence-corrected chi connectivity index (χ0v) is 18.0. The van der Waals surface area contributed by atoms with E-state index in [1.54, 1.807) is 0 Å². The number of nitrogens with one attached hydrogen (secondary N) is 1. The third kappa shape index (κ3) is 5.01. The molecule has 2 fully saturated rings. The lowest BCUT2D eigenvalue weighted by Gasteiger charge is -2.31. The Balaban J connectivity index is 1.52. The Labute approximate surface area is 177 Å². The van der Waals surface area contributed by atoms with Crippen molar-refractivity contribution < 1.29 is 4.79 Å². The number of thioether (sulfide) groups is 1. The van der Waals surface area contributed by atoms with E-state index in [1.165, 1.54) is 43.9 Å². The van der Waals surface area contributed by atoms with Crippen molar-refractivity contribution in [2.24, 2.45) is 0 Å². The van der Waals surface area contributed by atoms with Gasteiger partial charge in [0, 0.05) is 11.7 Å². The summed E-state index contributed by atoms with van der Waals surface area (Å²) in [5, 5.41) is 13.0. The van der Waals surface area contributed by atoms with Crippen LogP contribution in [0.2, 0.25) is 0 Å². The minimum atomic E-state index is 0.0927. The first kappa shape index (κ1) is 20.4. The zero-order valence-electron chi connectivity index (χ0n) is 17.2. The van der Waals surface area contributed by atoms with Gasteiger partial charge in [-0.1, -0.05) is 49.2 Å². The minimum absolute atomic E-state index is 0.0927. The van der Waals surface area contributed by atoms with E-state index in [4.69, 9.17) is 0 Å². The molecule has 1 unspecified atom stereocenters. The van der Waals surface area contributed by atoms with E-state index in [2.05, 4.69) is 44.0 Å². The molecule has 4 rings (SSSR count). The van der Waals surface area contributed by atoms with Crippen LogP contribution in [0.15, 0.2) is 35.5 Å². The molecule has 2 aliphatic rings. The molecule has 7 heteroatoms. The molecule has 1 atom stereocenters. The second-order valence-corrected chi connectivity index (χ2v) is 9.06. The number of hydrogen-bond acceptors (Lipinski definition) is 5. The quantitative estimate of drug-likeness (QED) is 0.696. The Morgan fingerprint density at radius 1 is 1.10 bits per heavy atom. The van der Waals surface area contributed by atoms with Crippen molar-refractivity contribution in [1.29, 1.82) is 0 Å². The first-order chi connectivity index (χ1) is 14.2. The van der Waals surface area contributed by atoms with Gasteiger partial charge in [-0.15, -0.1) is 10.2 Å². The van der Waals surface area contributed by atoms with Gasteiger partial charge in [0.05, 0.1) is 11.8 Å². The number of likely N-dealkylation sites (tertiary alicyclic amines) is 1. The predicted octanol–water partition coefficient (Wildman–Crippen LogP) is 3.97. The van der Waals surface area contributed by atoms with Gasteiger partial charge in [-0.3, -0.25) is 14.3 Å². The van der Waals surface area contributed by atoms with E-state index >= 15 is 0 Å². The maximum atomic E-state index is 12.4. The van der Waals surface area contributed by atoms with Crippen molar-refractivity contribution in [3.63, 3.8) is 0 Å². The highest BCUT2D eigenvalue weighted by Crippen LogP contribution is 2.29. The van der Waals surface area contributed by atoms with Crippen LogP contribution in [-0.2, 0) is 4.79 Å². The average molecular weight is 414 g/mol. The molecule has 0 radical (unpaired) electrons. The summed E-state index contributed by atoms with van der Waals surface area (Å²) in [6.45, 7) is 4.43. The fourth-order valence-electron chi connectivity index (χ4n) is 4.40. The van der Waals surface area contributed by atoms with E-state index in [-0.39, 0.29) is 11.9 Å². The summed E-state index contributed by atoms with van der Waals surface area (Å²) in [6.07, 6.45) is 8.45.